The smallest absolute Gasteiger partial charge is 0.00818 e. The van der Waals surface area contributed by atoms with Crippen molar-refractivity contribution in [1.29, 1.82) is 0 Å². The van der Waals surface area contributed by atoms with E-state index in [1.807, 2.05) is 0 Å². The Morgan fingerprint density at radius 3 is 2.47 bits per heavy atom. The summed E-state index contributed by atoms with van der Waals surface area (Å²) in [4.78, 5) is 2.31. The second-order valence-corrected chi connectivity index (χ2v) is 5.98. The lowest BCUT2D eigenvalue weighted by Gasteiger charge is -2.28. The highest BCUT2D eigenvalue weighted by molar-refractivity contribution is 4.75. The summed E-state index contributed by atoms with van der Waals surface area (Å²) < 4.78 is 0. The van der Waals surface area contributed by atoms with Gasteiger partial charge in [0.2, 0.25) is 0 Å². The standard InChI is InChI=1S/C15H32N2/c1-4-11-16-15(10-12-17(2)3)13-14-8-6-5-7-9-14/h14-16H,4-13H2,1-3H3. The Morgan fingerprint density at radius 2 is 1.88 bits per heavy atom. The minimum atomic E-state index is 0.750. The average Bonchev–Trinajstić information content (AvgIpc) is 2.34. The maximum Gasteiger partial charge on any atom is 0.00818 e. The molecule has 17 heavy (non-hydrogen) atoms. The number of nitrogens with zero attached hydrogens (tertiary/aromatic N) is 1. The summed E-state index contributed by atoms with van der Waals surface area (Å²) in [6.07, 6.45) is 11.3. The van der Waals surface area contributed by atoms with Crippen LogP contribution in [0.2, 0.25) is 0 Å². The first-order valence-electron chi connectivity index (χ1n) is 7.60. The second-order valence-electron chi connectivity index (χ2n) is 5.98. The van der Waals surface area contributed by atoms with E-state index in [-0.39, 0.29) is 0 Å². The van der Waals surface area contributed by atoms with Crippen molar-refractivity contribution in [2.45, 2.75) is 64.3 Å². The molecule has 1 atom stereocenters. The molecular weight excluding hydrogens is 208 g/mol. The van der Waals surface area contributed by atoms with E-state index in [0.29, 0.717) is 0 Å². The van der Waals surface area contributed by atoms with Gasteiger partial charge in [-0.25, -0.2) is 0 Å². The molecule has 0 amide bonds. The van der Waals surface area contributed by atoms with Gasteiger partial charge >= 0.3 is 0 Å². The van der Waals surface area contributed by atoms with E-state index in [4.69, 9.17) is 0 Å². The van der Waals surface area contributed by atoms with Crippen LogP contribution in [0.25, 0.3) is 0 Å². The highest BCUT2D eigenvalue weighted by Gasteiger charge is 2.18. The van der Waals surface area contributed by atoms with Crippen LogP contribution in [0.4, 0.5) is 0 Å². The third-order valence-electron chi connectivity index (χ3n) is 3.95. The van der Waals surface area contributed by atoms with Crippen molar-refractivity contribution in [3.05, 3.63) is 0 Å². The lowest BCUT2D eigenvalue weighted by atomic mass is 9.84. The van der Waals surface area contributed by atoms with Crippen LogP contribution in [0.3, 0.4) is 0 Å². The Bertz CT molecular complexity index is 174. The lowest BCUT2D eigenvalue weighted by molar-refractivity contribution is 0.274. The average molecular weight is 240 g/mol. The van der Waals surface area contributed by atoms with Crippen molar-refractivity contribution in [2.24, 2.45) is 5.92 Å². The minimum Gasteiger partial charge on any atom is -0.314 e. The normalized spacial score (nSPS) is 19.8. The molecule has 0 heterocycles. The number of rotatable bonds is 8. The molecule has 0 spiro atoms. The molecule has 102 valence electrons. The Hall–Kier alpha value is -0.0800. The van der Waals surface area contributed by atoms with Crippen molar-refractivity contribution in [3.63, 3.8) is 0 Å². The molecule has 2 heteroatoms. The van der Waals surface area contributed by atoms with Gasteiger partial charge in [0.15, 0.2) is 0 Å². The fraction of sp³-hybridized carbons (Fsp3) is 1.00. The monoisotopic (exact) mass is 240 g/mol. The summed E-state index contributed by atoms with van der Waals surface area (Å²) in [6.45, 7) is 4.66. The first-order chi connectivity index (χ1) is 8.22. The maximum atomic E-state index is 3.75. The Morgan fingerprint density at radius 1 is 1.18 bits per heavy atom. The molecule has 0 bridgehead atoms. The first kappa shape index (κ1) is 15.0. The highest BCUT2D eigenvalue weighted by atomic mass is 15.1. The van der Waals surface area contributed by atoms with Gasteiger partial charge in [0.1, 0.15) is 0 Å². The lowest BCUT2D eigenvalue weighted by Crippen LogP contribution is -2.35. The molecule has 0 saturated heterocycles. The topological polar surface area (TPSA) is 15.3 Å². The Balaban J connectivity index is 2.27. The summed E-state index contributed by atoms with van der Waals surface area (Å²) in [6, 6.07) is 0.750. The molecule has 0 aromatic heterocycles. The van der Waals surface area contributed by atoms with E-state index in [9.17, 15) is 0 Å². The molecule has 0 aromatic rings. The molecule has 2 nitrogen and oxygen atoms in total. The van der Waals surface area contributed by atoms with Gasteiger partial charge in [-0.15, -0.1) is 0 Å². The molecule has 0 aromatic carbocycles. The summed E-state index contributed by atoms with van der Waals surface area (Å²) in [5.41, 5.74) is 0. The first-order valence-corrected chi connectivity index (χ1v) is 7.60. The summed E-state index contributed by atoms with van der Waals surface area (Å²) >= 11 is 0. The van der Waals surface area contributed by atoms with Gasteiger partial charge in [0, 0.05) is 6.04 Å². The summed E-state index contributed by atoms with van der Waals surface area (Å²) in [5, 5.41) is 3.75. The summed E-state index contributed by atoms with van der Waals surface area (Å²) in [7, 11) is 4.36. The van der Waals surface area contributed by atoms with Crippen molar-refractivity contribution < 1.29 is 0 Å². The van der Waals surface area contributed by atoms with E-state index in [2.05, 4.69) is 31.2 Å². The van der Waals surface area contributed by atoms with Crippen LogP contribution in [-0.2, 0) is 0 Å². The number of hydrogen-bond acceptors (Lipinski definition) is 2. The fourth-order valence-corrected chi connectivity index (χ4v) is 2.89. The molecule has 1 unspecified atom stereocenters. The number of hydrogen-bond donors (Lipinski definition) is 1. The molecule has 1 N–H and O–H groups in total. The van der Waals surface area contributed by atoms with E-state index in [1.165, 1.54) is 64.5 Å². The molecule has 1 aliphatic rings. The van der Waals surface area contributed by atoms with Gasteiger partial charge in [-0.2, -0.15) is 0 Å². The van der Waals surface area contributed by atoms with Crippen molar-refractivity contribution in [1.82, 2.24) is 10.2 Å². The third kappa shape index (κ3) is 7.05. The van der Waals surface area contributed by atoms with E-state index in [1.54, 1.807) is 0 Å². The molecular formula is C15H32N2. The van der Waals surface area contributed by atoms with Crippen LogP contribution in [0.5, 0.6) is 0 Å². The Labute approximate surface area is 108 Å². The van der Waals surface area contributed by atoms with E-state index < -0.39 is 0 Å². The van der Waals surface area contributed by atoms with E-state index in [0.717, 1.165) is 12.0 Å². The van der Waals surface area contributed by atoms with Crippen LogP contribution in [0.1, 0.15) is 58.3 Å². The van der Waals surface area contributed by atoms with Crippen molar-refractivity contribution >= 4 is 0 Å². The van der Waals surface area contributed by atoms with Gasteiger partial charge in [-0.1, -0.05) is 39.0 Å². The fourth-order valence-electron chi connectivity index (χ4n) is 2.89. The van der Waals surface area contributed by atoms with Gasteiger partial charge in [0.05, 0.1) is 0 Å². The third-order valence-corrected chi connectivity index (χ3v) is 3.95. The van der Waals surface area contributed by atoms with Gasteiger partial charge < -0.3 is 10.2 Å². The molecule has 0 radical (unpaired) electrons. The quantitative estimate of drug-likeness (QED) is 0.700. The summed E-state index contributed by atoms with van der Waals surface area (Å²) in [5.74, 6) is 1.00. The van der Waals surface area contributed by atoms with Crippen molar-refractivity contribution in [3.8, 4) is 0 Å². The zero-order chi connectivity index (χ0) is 12.5. The van der Waals surface area contributed by atoms with Crippen LogP contribution < -0.4 is 5.32 Å². The minimum absolute atomic E-state index is 0.750. The maximum absolute atomic E-state index is 3.75. The SMILES string of the molecule is CCCNC(CCN(C)C)CC1CCCCC1. The van der Waals surface area contributed by atoms with Crippen LogP contribution in [0, 0.1) is 5.92 Å². The van der Waals surface area contributed by atoms with Crippen LogP contribution in [-0.4, -0.2) is 38.1 Å². The zero-order valence-corrected chi connectivity index (χ0v) is 12.2. The zero-order valence-electron chi connectivity index (χ0n) is 12.2. The van der Waals surface area contributed by atoms with Crippen LogP contribution in [0.15, 0.2) is 0 Å². The van der Waals surface area contributed by atoms with Gasteiger partial charge in [0.25, 0.3) is 0 Å². The Kier molecular flexibility index (Phi) is 7.87. The largest absolute Gasteiger partial charge is 0.314 e. The van der Waals surface area contributed by atoms with Crippen LogP contribution >= 0.6 is 0 Å². The number of nitrogens with one attached hydrogen (secondary N) is 1. The highest BCUT2D eigenvalue weighted by Crippen LogP contribution is 2.27. The van der Waals surface area contributed by atoms with E-state index >= 15 is 0 Å². The van der Waals surface area contributed by atoms with Crippen molar-refractivity contribution in [2.75, 3.05) is 27.2 Å². The molecule has 1 fully saturated rings. The van der Waals surface area contributed by atoms with Gasteiger partial charge in [-0.05, 0) is 52.4 Å². The van der Waals surface area contributed by atoms with Gasteiger partial charge in [-0.3, -0.25) is 0 Å². The molecule has 1 saturated carbocycles. The predicted molar refractivity (Wildman–Crippen MR) is 76.4 cm³/mol. The molecule has 1 aliphatic carbocycles. The molecule has 0 aliphatic heterocycles. The predicted octanol–water partition coefficient (Wildman–Crippen LogP) is 3.28. The molecule has 1 rings (SSSR count). The second kappa shape index (κ2) is 8.93.